The fourth-order valence-electron chi connectivity index (χ4n) is 1.64. The van der Waals surface area contributed by atoms with E-state index in [4.69, 9.17) is 0 Å². The van der Waals surface area contributed by atoms with Crippen LogP contribution in [0.25, 0.3) is 11.1 Å². The van der Waals surface area contributed by atoms with Crippen molar-refractivity contribution in [2.45, 2.75) is 27.7 Å². The Morgan fingerprint density at radius 2 is 1.21 bits per heavy atom. The fraction of sp³-hybridized carbons (Fsp3) is 0.250. The van der Waals surface area contributed by atoms with Gasteiger partial charge in [-0.15, -0.1) is 0 Å². The van der Waals surface area contributed by atoms with Crippen LogP contribution in [0, 0.1) is 31.3 Å². The summed E-state index contributed by atoms with van der Waals surface area (Å²) in [6.07, 6.45) is 0. The molecular weight excluding hydrogens is 249 g/mol. The molecule has 19 heavy (non-hydrogen) atoms. The molecule has 0 aliphatic heterocycles. The van der Waals surface area contributed by atoms with Crippen molar-refractivity contribution in [2.75, 3.05) is 0 Å². The van der Waals surface area contributed by atoms with E-state index in [-0.39, 0.29) is 0 Å². The Bertz CT molecular complexity index is 551. The smallest absolute Gasteiger partial charge is 0.194 e. The van der Waals surface area contributed by atoms with Crippen LogP contribution < -0.4 is 0 Å². The second-order valence-corrected chi connectivity index (χ2v) is 4.05. The predicted molar refractivity (Wildman–Crippen MR) is 72.6 cm³/mol. The lowest BCUT2D eigenvalue weighted by atomic mass is 10.0. The minimum atomic E-state index is -1.43. The number of aryl methyl sites for hydroxylation is 2. The summed E-state index contributed by atoms with van der Waals surface area (Å²) < 4.78 is 39.0. The number of benzene rings is 2. The van der Waals surface area contributed by atoms with Crippen LogP contribution in [-0.2, 0) is 0 Å². The molecule has 0 heterocycles. The fourth-order valence-corrected chi connectivity index (χ4v) is 1.64. The number of hydrogen-bond donors (Lipinski definition) is 0. The van der Waals surface area contributed by atoms with Crippen LogP contribution >= 0.6 is 0 Å². The molecule has 0 aliphatic carbocycles. The van der Waals surface area contributed by atoms with E-state index in [9.17, 15) is 13.2 Å². The Labute approximate surface area is 111 Å². The molecule has 102 valence electrons. The van der Waals surface area contributed by atoms with Gasteiger partial charge in [-0.05, 0) is 48.2 Å². The van der Waals surface area contributed by atoms with Gasteiger partial charge in [0.1, 0.15) is 0 Å². The topological polar surface area (TPSA) is 0 Å². The van der Waals surface area contributed by atoms with Crippen LogP contribution in [0.4, 0.5) is 13.2 Å². The largest absolute Gasteiger partial charge is 0.204 e. The molecule has 2 aromatic carbocycles. The van der Waals surface area contributed by atoms with Crippen molar-refractivity contribution >= 4 is 0 Å². The van der Waals surface area contributed by atoms with Gasteiger partial charge in [-0.25, -0.2) is 13.2 Å². The molecule has 0 saturated heterocycles. The van der Waals surface area contributed by atoms with Crippen molar-refractivity contribution in [1.82, 2.24) is 0 Å². The average molecular weight is 266 g/mol. The zero-order valence-electron chi connectivity index (χ0n) is 11.5. The maximum atomic E-state index is 13.1. The molecule has 0 amide bonds. The van der Waals surface area contributed by atoms with Gasteiger partial charge < -0.3 is 0 Å². The molecular formula is C16H17F3. The lowest BCUT2D eigenvalue weighted by molar-refractivity contribution is 0.448. The molecule has 0 bridgehead atoms. The number of rotatable bonds is 1. The molecule has 2 rings (SSSR count). The van der Waals surface area contributed by atoms with Crippen molar-refractivity contribution in [3.63, 3.8) is 0 Å². The van der Waals surface area contributed by atoms with E-state index in [0.717, 1.165) is 23.3 Å². The van der Waals surface area contributed by atoms with Crippen LogP contribution in [0.1, 0.15) is 25.0 Å². The standard InChI is InChI=1S/C14H11F3.C2H6/c1-8-3-4-10(5-9(8)2)11-6-12(15)14(17)13(16)7-11;1-2/h3-7H,1-2H3;1-2H3. The monoisotopic (exact) mass is 266 g/mol. The minimum Gasteiger partial charge on any atom is -0.204 e. The molecule has 3 heteroatoms. The van der Waals surface area contributed by atoms with Gasteiger partial charge in [0.25, 0.3) is 0 Å². The third-order valence-electron chi connectivity index (χ3n) is 2.82. The maximum Gasteiger partial charge on any atom is 0.194 e. The molecule has 0 radical (unpaired) electrons. The molecule has 0 aromatic heterocycles. The van der Waals surface area contributed by atoms with Crippen molar-refractivity contribution in [3.8, 4) is 11.1 Å². The molecule has 0 atom stereocenters. The molecule has 0 fully saturated rings. The van der Waals surface area contributed by atoms with Crippen LogP contribution in [0.15, 0.2) is 30.3 Å². The van der Waals surface area contributed by atoms with Gasteiger partial charge in [0.2, 0.25) is 0 Å². The van der Waals surface area contributed by atoms with E-state index < -0.39 is 17.5 Å². The lowest BCUT2D eigenvalue weighted by Gasteiger charge is -2.06. The molecule has 0 N–H and O–H groups in total. The Balaban J connectivity index is 0.000000861. The lowest BCUT2D eigenvalue weighted by Crippen LogP contribution is -1.92. The van der Waals surface area contributed by atoms with Gasteiger partial charge in [0, 0.05) is 0 Å². The first-order valence-electron chi connectivity index (χ1n) is 6.21. The summed E-state index contributed by atoms with van der Waals surface area (Å²) in [5.74, 6) is -3.77. The summed E-state index contributed by atoms with van der Waals surface area (Å²) in [7, 11) is 0. The van der Waals surface area contributed by atoms with Crippen LogP contribution in [0.5, 0.6) is 0 Å². The van der Waals surface area contributed by atoms with Crippen molar-refractivity contribution in [2.24, 2.45) is 0 Å². The molecule has 0 unspecified atom stereocenters. The summed E-state index contributed by atoms with van der Waals surface area (Å²) in [4.78, 5) is 0. The van der Waals surface area contributed by atoms with Crippen LogP contribution in [0.3, 0.4) is 0 Å². The van der Waals surface area contributed by atoms with Gasteiger partial charge in [-0.3, -0.25) is 0 Å². The molecule has 0 spiro atoms. The second kappa shape index (κ2) is 6.41. The summed E-state index contributed by atoms with van der Waals surface area (Å²) >= 11 is 0. The molecule has 0 nitrogen and oxygen atoms in total. The Hall–Kier alpha value is -1.77. The quantitative estimate of drug-likeness (QED) is 0.605. The maximum absolute atomic E-state index is 13.1. The Morgan fingerprint density at radius 1 is 0.684 bits per heavy atom. The average Bonchev–Trinajstić information content (AvgIpc) is 2.41. The Kier molecular flexibility index (Phi) is 5.16. The first-order valence-corrected chi connectivity index (χ1v) is 6.21. The van der Waals surface area contributed by atoms with Gasteiger partial charge >= 0.3 is 0 Å². The Morgan fingerprint density at radius 3 is 1.68 bits per heavy atom. The molecule has 0 saturated carbocycles. The van der Waals surface area contributed by atoms with Gasteiger partial charge in [-0.1, -0.05) is 32.0 Å². The number of halogens is 3. The van der Waals surface area contributed by atoms with E-state index in [1.165, 1.54) is 0 Å². The predicted octanol–water partition coefficient (Wildman–Crippen LogP) is 5.41. The highest BCUT2D eigenvalue weighted by Crippen LogP contribution is 2.25. The van der Waals surface area contributed by atoms with Crippen LogP contribution in [-0.4, -0.2) is 0 Å². The molecule has 0 aliphatic rings. The van der Waals surface area contributed by atoms with Crippen LogP contribution in [0.2, 0.25) is 0 Å². The van der Waals surface area contributed by atoms with Crippen molar-refractivity contribution in [1.29, 1.82) is 0 Å². The summed E-state index contributed by atoms with van der Waals surface area (Å²) in [5, 5.41) is 0. The van der Waals surface area contributed by atoms with E-state index in [1.54, 1.807) is 6.07 Å². The van der Waals surface area contributed by atoms with Crippen molar-refractivity contribution < 1.29 is 13.2 Å². The van der Waals surface area contributed by atoms with Gasteiger partial charge in [-0.2, -0.15) is 0 Å². The normalized spacial score (nSPS) is 9.84. The third-order valence-corrected chi connectivity index (χ3v) is 2.82. The zero-order chi connectivity index (χ0) is 14.6. The van der Waals surface area contributed by atoms with E-state index >= 15 is 0 Å². The minimum absolute atomic E-state index is 0.338. The summed E-state index contributed by atoms with van der Waals surface area (Å²) in [6, 6.07) is 7.45. The van der Waals surface area contributed by atoms with E-state index in [2.05, 4.69) is 0 Å². The zero-order valence-corrected chi connectivity index (χ0v) is 11.5. The number of hydrogen-bond acceptors (Lipinski definition) is 0. The first-order chi connectivity index (χ1) is 8.99. The summed E-state index contributed by atoms with van der Waals surface area (Å²) in [6.45, 7) is 7.86. The van der Waals surface area contributed by atoms with Crippen molar-refractivity contribution in [3.05, 3.63) is 58.9 Å². The van der Waals surface area contributed by atoms with Gasteiger partial charge in [0.15, 0.2) is 17.5 Å². The highest BCUT2D eigenvalue weighted by atomic mass is 19.2. The second-order valence-electron chi connectivity index (χ2n) is 4.05. The highest BCUT2D eigenvalue weighted by molar-refractivity contribution is 5.65. The molecule has 2 aromatic rings. The van der Waals surface area contributed by atoms with E-state index in [1.807, 2.05) is 39.8 Å². The highest BCUT2D eigenvalue weighted by Gasteiger charge is 2.11. The first kappa shape index (κ1) is 15.3. The SMILES string of the molecule is CC.Cc1ccc(-c2cc(F)c(F)c(F)c2)cc1C. The van der Waals surface area contributed by atoms with E-state index in [0.29, 0.717) is 11.1 Å². The third kappa shape index (κ3) is 3.37. The van der Waals surface area contributed by atoms with Gasteiger partial charge in [0.05, 0.1) is 0 Å². The summed E-state index contributed by atoms with van der Waals surface area (Å²) in [5.41, 5.74) is 3.12.